The first-order valence-electron chi connectivity index (χ1n) is 22.1. The van der Waals surface area contributed by atoms with Crippen molar-refractivity contribution in [1.29, 1.82) is 0 Å². The Hall–Kier alpha value is -8.14. The van der Waals surface area contributed by atoms with Gasteiger partial charge in [-0.3, -0.25) is 0 Å². The van der Waals surface area contributed by atoms with Crippen LogP contribution in [0.15, 0.2) is 211 Å². The fourth-order valence-electron chi connectivity index (χ4n) is 10.5. The number of hydrogen-bond acceptors (Lipinski definition) is 3. The molecule has 0 bridgehead atoms. The highest BCUT2D eigenvalue weighted by atomic mass is 16.3. The van der Waals surface area contributed by atoms with Crippen molar-refractivity contribution >= 4 is 54.3 Å². The molecule has 1 aliphatic rings. The predicted molar refractivity (Wildman–Crippen MR) is 267 cm³/mol. The van der Waals surface area contributed by atoms with Gasteiger partial charge in [-0.15, -0.1) is 0 Å². The largest absolute Gasteiger partial charge is 0.456 e. The highest BCUT2D eigenvalue weighted by molar-refractivity contribution is 6.23. The Morgan fingerprint density at radius 2 is 0.969 bits per heavy atom. The van der Waals surface area contributed by atoms with Gasteiger partial charge in [0.1, 0.15) is 11.2 Å². The van der Waals surface area contributed by atoms with Crippen molar-refractivity contribution in [3.05, 3.63) is 217 Å². The summed E-state index contributed by atoms with van der Waals surface area (Å²) in [6.45, 7) is 4.69. The summed E-state index contributed by atoms with van der Waals surface area (Å²) in [4.78, 5) is 10.6. The van der Waals surface area contributed by atoms with Gasteiger partial charge in [0.2, 0.25) is 0 Å². The first kappa shape index (κ1) is 36.5. The number of furan rings is 1. The zero-order valence-corrected chi connectivity index (χ0v) is 35.4. The van der Waals surface area contributed by atoms with Crippen molar-refractivity contribution in [2.24, 2.45) is 0 Å². The lowest BCUT2D eigenvalue weighted by Gasteiger charge is -2.22. The molecule has 1 aliphatic carbocycles. The smallest absolute Gasteiger partial charge is 0.160 e. The minimum atomic E-state index is -0.156. The molecule has 0 atom stereocenters. The summed E-state index contributed by atoms with van der Waals surface area (Å²) in [5.41, 5.74) is 16.5. The molecular formula is C61H40N2O. The average Bonchev–Trinajstić information content (AvgIpc) is 3.85. The second-order valence-electron chi connectivity index (χ2n) is 17.7. The van der Waals surface area contributed by atoms with Crippen LogP contribution in [0, 0.1) is 0 Å². The minimum absolute atomic E-state index is 0.156. The maximum atomic E-state index is 6.49. The molecule has 0 saturated carbocycles. The zero-order valence-electron chi connectivity index (χ0n) is 35.4. The highest BCUT2D eigenvalue weighted by Gasteiger charge is 2.37. The summed E-state index contributed by atoms with van der Waals surface area (Å²) in [6.07, 6.45) is 0. The van der Waals surface area contributed by atoms with Gasteiger partial charge in [-0.2, -0.15) is 0 Å². The van der Waals surface area contributed by atoms with Crippen LogP contribution in [0.25, 0.3) is 122 Å². The van der Waals surface area contributed by atoms with Gasteiger partial charge in [0.15, 0.2) is 5.82 Å². The summed E-state index contributed by atoms with van der Waals surface area (Å²) in [7, 11) is 0. The van der Waals surface area contributed by atoms with Gasteiger partial charge in [-0.1, -0.05) is 178 Å². The second-order valence-corrected chi connectivity index (χ2v) is 17.7. The van der Waals surface area contributed by atoms with E-state index in [9.17, 15) is 0 Å². The third-order valence-corrected chi connectivity index (χ3v) is 13.7. The van der Waals surface area contributed by atoms with Crippen LogP contribution in [-0.4, -0.2) is 9.97 Å². The SMILES string of the molecule is CC1(C)c2cc3ccccc3cc2-c2c(-c3cc(-c4ccc5cc(-c6ccccc6-c6cccc7oc8ccc9ccccc9c8c67)ccc5c4)nc(-c4ccccc4)n3)cccc21. The Kier molecular flexibility index (Phi) is 7.95. The molecule has 64 heavy (non-hydrogen) atoms. The molecule has 2 aromatic heterocycles. The van der Waals surface area contributed by atoms with E-state index >= 15 is 0 Å². The molecule has 10 aromatic carbocycles. The number of hydrogen-bond donors (Lipinski definition) is 0. The van der Waals surface area contributed by atoms with E-state index in [2.05, 4.69) is 214 Å². The third kappa shape index (κ3) is 5.60. The molecule has 0 radical (unpaired) electrons. The van der Waals surface area contributed by atoms with Gasteiger partial charge in [0.25, 0.3) is 0 Å². The molecule has 12 aromatic rings. The summed E-state index contributed by atoms with van der Waals surface area (Å²) < 4.78 is 6.49. The normalized spacial score (nSPS) is 13.0. The van der Waals surface area contributed by atoms with Crippen molar-refractivity contribution in [2.45, 2.75) is 19.3 Å². The van der Waals surface area contributed by atoms with Crippen LogP contribution < -0.4 is 0 Å². The van der Waals surface area contributed by atoms with Gasteiger partial charge in [-0.25, -0.2) is 9.97 Å². The Morgan fingerprint density at radius 1 is 0.359 bits per heavy atom. The van der Waals surface area contributed by atoms with Crippen molar-refractivity contribution in [2.75, 3.05) is 0 Å². The van der Waals surface area contributed by atoms with Crippen LogP contribution in [0.4, 0.5) is 0 Å². The molecule has 0 aliphatic heterocycles. The Balaban J connectivity index is 0.937. The molecular weight excluding hydrogens is 777 g/mol. The van der Waals surface area contributed by atoms with Crippen LogP contribution in [0.2, 0.25) is 0 Å². The number of nitrogens with zero attached hydrogens (tertiary/aromatic N) is 2. The van der Waals surface area contributed by atoms with Crippen molar-refractivity contribution < 1.29 is 4.42 Å². The van der Waals surface area contributed by atoms with Crippen LogP contribution in [0.1, 0.15) is 25.0 Å². The number of rotatable bonds is 5. The van der Waals surface area contributed by atoms with E-state index in [1.165, 1.54) is 60.3 Å². The van der Waals surface area contributed by atoms with E-state index in [0.717, 1.165) is 66.5 Å². The molecule has 300 valence electrons. The van der Waals surface area contributed by atoms with Crippen LogP contribution in [0.5, 0.6) is 0 Å². The van der Waals surface area contributed by atoms with Gasteiger partial charge < -0.3 is 4.42 Å². The topological polar surface area (TPSA) is 38.9 Å². The second kappa shape index (κ2) is 13.9. The van der Waals surface area contributed by atoms with Gasteiger partial charge in [-0.05, 0) is 119 Å². The van der Waals surface area contributed by atoms with Crippen LogP contribution >= 0.6 is 0 Å². The van der Waals surface area contributed by atoms with Gasteiger partial charge in [0, 0.05) is 32.9 Å². The fourth-order valence-corrected chi connectivity index (χ4v) is 10.5. The lowest BCUT2D eigenvalue weighted by molar-refractivity contribution is 0.661. The molecule has 0 spiro atoms. The number of aromatic nitrogens is 2. The molecule has 13 rings (SSSR count). The summed E-state index contributed by atoms with van der Waals surface area (Å²) in [6, 6.07) is 74.2. The highest BCUT2D eigenvalue weighted by Crippen LogP contribution is 2.53. The first-order valence-corrected chi connectivity index (χ1v) is 22.1. The molecule has 0 N–H and O–H groups in total. The molecule has 2 heterocycles. The lowest BCUT2D eigenvalue weighted by atomic mass is 9.81. The average molecular weight is 817 g/mol. The first-order chi connectivity index (χ1) is 31.5. The van der Waals surface area contributed by atoms with E-state index in [4.69, 9.17) is 14.4 Å². The van der Waals surface area contributed by atoms with Crippen molar-refractivity contribution in [3.63, 3.8) is 0 Å². The number of fused-ring (bicyclic) bond motifs is 10. The maximum absolute atomic E-state index is 6.49. The Labute approximate surface area is 371 Å². The lowest BCUT2D eigenvalue weighted by Crippen LogP contribution is -2.14. The number of benzene rings is 10. The third-order valence-electron chi connectivity index (χ3n) is 13.7. The minimum Gasteiger partial charge on any atom is -0.456 e. The molecule has 0 saturated heterocycles. The maximum Gasteiger partial charge on any atom is 0.160 e. The molecule has 3 heteroatoms. The molecule has 3 nitrogen and oxygen atoms in total. The van der Waals surface area contributed by atoms with E-state index in [1.54, 1.807) is 0 Å². The van der Waals surface area contributed by atoms with E-state index in [-0.39, 0.29) is 5.41 Å². The van der Waals surface area contributed by atoms with Crippen LogP contribution in [-0.2, 0) is 5.41 Å². The monoisotopic (exact) mass is 816 g/mol. The van der Waals surface area contributed by atoms with Gasteiger partial charge >= 0.3 is 0 Å². The van der Waals surface area contributed by atoms with E-state index < -0.39 is 0 Å². The van der Waals surface area contributed by atoms with E-state index in [1.807, 2.05) is 6.07 Å². The zero-order chi connectivity index (χ0) is 42.5. The summed E-state index contributed by atoms with van der Waals surface area (Å²) in [5, 5.41) is 9.54. The Morgan fingerprint density at radius 3 is 1.81 bits per heavy atom. The standard InChI is InChI=1S/C61H40N2O/c1-61(2)51-24-12-23-49(57(51)50-34-39-17-6-7-18-40(39)35-52(50)61)54-36-53(62-60(63-54)38-15-4-3-5-16-38)44-29-27-41-32-43(28-26-42(41)33-44)45-19-10-11-21-47(45)48-22-13-25-55-59(48)58-46-20-9-8-14-37(46)30-31-56(58)64-55/h3-36H,1-2H3. The summed E-state index contributed by atoms with van der Waals surface area (Å²) in [5.74, 6) is 0.710. The van der Waals surface area contributed by atoms with Crippen molar-refractivity contribution in [1.82, 2.24) is 9.97 Å². The quantitative estimate of drug-likeness (QED) is 0.174. The molecule has 0 amide bonds. The van der Waals surface area contributed by atoms with E-state index in [0.29, 0.717) is 5.82 Å². The van der Waals surface area contributed by atoms with Crippen LogP contribution in [0.3, 0.4) is 0 Å². The van der Waals surface area contributed by atoms with Gasteiger partial charge in [0.05, 0.1) is 11.4 Å². The summed E-state index contributed by atoms with van der Waals surface area (Å²) >= 11 is 0. The fraction of sp³-hybridized carbons (Fsp3) is 0.0492. The van der Waals surface area contributed by atoms with Crippen molar-refractivity contribution in [3.8, 4) is 67.3 Å². The molecule has 0 fully saturated rings. The Bertz CT molecular complexity index is 3880. The predicted octanol–water partition coefficient (Wildman–Crippen LogP) is 16.5. The molecule has 0 unspecified atom stereocenters.